The van der Waals surface area contributed by atoms with E-state index in [0.717, 1.165) is 27.3 Å². The molecule has 0 unspecified atom stereocenters. The van der Waals surface area contributed by atoms with Gasteiger partial charge in [-0.1, -0.05) is 35.9 Å². The lowest BCUT2D eigenvalue weighted by molar-refractivity contribution is -0.384. The zero-order valence-corrected chi connectivity index (χ0v) is 18.7. The van der Waals surface area contributed by atoms with E-state index in [4.69, 9.17) is 4.74 Å². The molecule has 0 spiro atoms. The summed E-state index contributed by atoms with van der Waals surface area (Å²) >= 11 is 0. The van der Waals surface area contributed by atoms with E-state index in [2.05, 4.69) is 0 Å². The van der Waals surface area contributed by atoms with Gasteiger partial charge in [0.05, 0.1) is 29.5 Å². The molecule has 0 saturated carbocycles. The van der Waals surface area contributed by atoms with Crippen LogP contribution in [0.25, 0.3) is 0 Å². The van der Waals surface area contributed by atoms with Crippen molar-refractivity contribution in [2.24, 2.45) is 0 Å². The summed E-state index contributed by atoms with van der Waals surface area (Å²) in [6.45, 7) is 3.88. The third-order valence-corrected chi connectivity index (χ3v) is 6.08. The van der Waals surface area contributed by atoms with E-state index in [0.29, 0.717) is 5.56 Å². The lowest BCUT2D eigenvalue weighted by atomic mass is 10.1. The lowest BCUT2D eigenvalue weighted by Crippen LogP contribution is -2.29. The van der Waals surface area contributed by atoms with Crippen LogP contribution in [0.2, 0.25) is 0 Å². The zero-order valence-electron chi connectivity index (χ0n) is 17.9. The summed E-state index contributed by atoms with van der Waals surface area (Å²) in [4.78, 5) is 10.7. The van der Waals surface area contributed by atoms with E-state index in [9.17, 15) is 22.9 Å². The number of nitrogens with zero attached hydrogens (tertiary/aromatic N) is 2. The molecule has 7 nitrogen and oxygen atoms in total. The number of nitro groups is 1. The van der Waals surface area contributed by atoms with Crippen LogP contribution in [0.15, 0.2) is 60.7 Å². The molecular formula is C23H23FN2O5S. The average molecular weight is 459 g/mol. The number of non-ortho nitro benzene ring substituents is 1. The fourth-order valence-electron chi connectivity index (χ4n) is 3.19. The number of ether oxygens (including phenoxy) is 1. The molecule has 0 atom stereocenters. The van der Waals surface area contributed by atoms with Gasteiger partial charge in [-0.15, -0.1) is 0 Å². The van der Waals surface area contributed by atoms with Crippen LogP contribution in [-0.2, 0) is 23.2 Å². The number of hydrogen-bond donors (Lipinski definition) is 0. The van der Waals surface area contributed by atoms with E-state index in [-0.39, 0.29) is 30.3 Å². The maximum Gasteiger partial charge on any atom is 0.273 e. The molecular weight excluding hydrogens is 435 g/mol. The van der Waals surface area contributed by atoms with Crippen molar-refractivity contribution in [3.63, 3.8) is 0 Å². The molecule has 0 aliphatic heterocycles. The van der Waals surface area contributed by atoms with Crippen LogP contribution in [0.5, 0.6) is 5.75 Å². The number of hydrogen-bond acceptors (Lipinski definition) is 5. The summed E-state index contributed by atoms with van der Waals surface area (Å²) in [6, 6.07) is 15.1. The summed E-state index contributed by atoms with van der Waals surface area (Å²) in [6.07, 6.45) is 1.03. The molecule has 0 bridgehead atoms. The minimum Gasteiger partial charge on any atom is -0.486 e. The average Bonchev–Trinajstić information content (AvgIpc) is 2.73. The Hall–Kier alpha value is -3.46. The standard InChI is InChI=1S/C23H23FN2O5S/c1-16-4-5-17(2)19(12-16)15-31-23-13-21(26(27)28)10-11-22(23)25(32(3,29)30)14-18-6-8-20(24)9-7-18/h4-13H,14-15H2,1-3H3. The van der Waals surface area contributed by atoms with Crippen molar-refractivity contribution < 1.29 is 22.5 Å². The Labute approximate surface area is 186 Å². The molecule has 0 amide bonds. The quantitative estimate of drug-likeness (QED) is 0.354. The second kappa shape index (κ2) is 9.35. The second-order valence-corrected chi connectivity index (χ2v) is 9.43. The molecule has 3 rings (SSSR count). The number of nitro benzene ring substituents is 1. The highest BCUT2D eigenvalue weighted by Crippen LogP contribution is 2.35. The van der Waals surface area contributed by atoms with Gasteiger partial charge in [-0.05, 0) is 48.7 Å². The van der Waals surface area contributed by atoms with Crippen molar-refractivity contribution in [3.05, 3.63) is 98.8 Å². The van der Waals surface area contributed by atoms with Gasteiger partial charge in [0, 0.05) is 6.07 Å². The van der Waals surface area contributed by atoms with Gasteiger partial charge >= 0.3 is 0 Å². The Morgan fingerprint density at radius 1 is 1.03 bits per heavy atom. The van der Waals surface area contributed by atoms with Gasteiger partial charge in [-0.2, -0.15) is 0 Å². The van der Waals surface area contributed by atoms with Gasteiger partial charge < -0.3 is 4.74 Å². The smallest absolute Gasteiger partial charge is 0.273 e. The minimum absolute atomic E-state index is 0.0626. The zero-order chi connectivity index (χ0) is 23.5. The van der Waals surface area contributed by atoms with E-state index < -0.39 is 20.8 Å². The number of benzene rings is 3. The SMILES string of the molecule is Cc1ccc(C)c(COc2cc([N+](=O)[O-])ccc2N(Cc2ccc(F)cc2)S(C)(=O)=O)c1. The first-order valence-corrected chi connectivity index (χ1v) is 11.6. The van der Waals surface area contributed by atoms with Crippen LogP contribution in [0.3, 0.4) is 0 Å². The van der Waals surface area contributed by atoms with Crippen LogP contribution in [0.4, 0.5) is 15.8 Å². The summed E-state index contributed by atoms with van der Waals surface area (Å²) < 4.78 is 45.5. The maximum atomic E-state index is 13.3. The first-order chi connectivity index (χ1) is 15.0. The second-order valence-electron chi connectivity index (χ2n) is 7.52. The normalized spacial score (nSPS) is 11.2. The van der Waals surface area contributed by atoms with E-state index in [1.165, 1.54) is 42.5 Å². The van der Waals surface area contributed by atoms with Crippen molar-refractivity contribution in [3.8, 4) is 5.75 Å². The first-order valence-electron chi connectivity index (χ1n) is 9.74. The summed E-state index contributed by atoms with van der Waals surface area (Å²) in [5, 5.41) is 11.3. The fourth-order valence-corrected chi connectivity index (χ4v) is 4.08. The van der Waals surface area contributed by atoms with Gasteiger partial charge in [0.2, 0.25) is 10.0 Å². The van der Waals surface area contributed by atoms with Gasteiger partial charge in [-0.25, -0.2) is 12.8 Å². The number of anilines is 1. The molecule has 0 radical (unpaired) electrons. The Bertz CT molecular complexity index is 1240. The fraction of sp³-hybridized carbons (Fsp3) is 0.217. The van der Waals surface area contributed by atoms with Crippen LogP contribution >= 0.6 is 0 Å². The molecule has 168 valence electrons. The van der Waals surface area contributed by atoms with Crippen molar-refractivity contribution >= 4 is 21.4 Å². The van der Waals surface area contributed by atoms with Gasteiger partial charge in [0.1, 0.15) is 12.4 Å². The maximum absolute atomic E-state index is 13.3. The first kappa shape index (κ1) is 23.2. The molecule has 0 aliphatic rings. The van der Waals surface area contributed by atoms with Crippen LogP contribution in [0, 0.1) is 29.8 Å². The molecule has 0 aromatic heterocycles. The summed E-state index contributed by atoms with van der Waals surface area (Å²) in [7, 11) is -3.79. The Morgan fingerprint density at radius 2 is 1.72 bits per heavy atom. The molecule has 0 fully saturated rings. The lowest BCUT2D eigenvalue weighted by Gasteiger charge is -2.25. The van der Waals surface area contributed by atoms with Crippen molar-refractivity contribution in [2.75, 3.05) is 10.6 Å². The monoisotopic (exact) mass is 458 g/mol. The summed E-state index contributed by atoms with van der Waals surface area (Å²) in [5.41, 5.74) is 3.38. The molecule has 3 aromatic carbocycles. The third kappa shape index (κ3) is 5.61. The largest absolute Gasteiger partial charge is 0.486 e. The van der Waals surface area contributed by atoms with Crippen molar-refractivity contribution in [1.82, 2.24) is 0 Å². The van der Waals surface area contributed by atoms with Crippen LogP contribution in [-0.4, -0.2) is 19.6 Å². The topological polar surface area (TPSA) is 89.8 Å². The third-order valence-electron chi connectivity index (χ3n) is 4.95. The highest BCUT2D eigenvalue weighted by molar-refractivity contribution is 7.92. The molecule has 0 aliphatic carbocycles. The van der Waals surface area contributed by atoms with E-state index >= 15 is 0 Å². The molecule has 32 heavy (non-hydrogen) atoms. The number of aryl methyl sites for hydroxylation is 2. The van der Waals surface area contributed by atoms with Crippen molar-refractivity contribution in [1.29, 1.82) is 0 Å². The number of rotatable bonds is 8. The minimum atomic E-state index is -3.79. The van der Waals surface area contributed by atoms with E-state index in [1.54, 1.807) is 0 Å². The highest BCUT2D eigenvalue weighted by atomic mass is 32.2. The molecule has 0 saturated heterocycles. The summed E-state index contributed by atoms with van der Waals surface area (Å²) in [5.74, 6) is -0.375. The predicted octanol–water partition coefficient (Wildman–Crippen LogP) is 4.90. The molecule has 3 aromatic rings. The van der Waals surface area contributed by atoms with Gasteiger partial charge in [0.15, 0.2) is 5.75 Å². The molecule has 9 heteroatoms. The Morgan fingerprint density at radius 3 is 2.34 bits per heavy atom. The van der Waals surface area contributed by atoms with Gasteiger partial charge in [-0.3, -0.25) is 14.4 Å². The molecule has 0 heterocycles. The number of sulfonamides is 1. The Kier molecular flexibility index (Phi) is 6.78. The highest BCUT2D eigenvalue weighted by Gasteiger charge is 2.24. The number of halogens is 1. The van der Waals surface area contributed by atoms with Crippen LogP contribution in [0.1, 0.15) is 22.3 Å². The van der Waals surface area contributed by atoms with Crippen molar-refractivity contribution in [2.45, 2.75) is 27.0 Å². The molecule has 0 N–H and O–H groups in total. The Balaban J connectivity index is 2.02. The van der Waals surface area contributed by atoms with Crippen LogP contribution < -0.4 is 9.04 Å². The predicted molar refractivity (Wildman–Crippen MR) is 121 cm³/mol. The van der Waals surface area contributed by atoms with E-state index in [1.807, 2.05) is 32.0 Å². The van der Waals surface area contributed by atoms with Gasteiger partial charge in [0.25, 0.3) is 5.69 Å².